The predicted octanol–water partition coefficient (Wildman–Crippen LogP) is 4.68. The molecule has 2 atom stereocenters. The molecule has 0 radical (unpaired) electrons. The van der Waals surface area contributed by atoms with Gasteiger partial charge >= 0.3 is 0 Å². The number of Topliss-reactive ketones (excluding diaryl/α,β-unsaturated/α-hetero) is 1. The molecule has 5 rings (SSSR count). The van der Waals surface area contributed by atoms with E-state index < -0.39 is 17.7 Å². The molecule has 0 bridgehead atoms. The zero-order valence-corrected chi connectivity index (χ0v) is 18.6. The number of aliphatic hydroxyl groups is 1. The lowest BCUT2D eigenvalue weighted by Crippen LogP contribution is -2.29. The molecule has 7 heteroatoms. The van der Waals surface area contributed by atoms with Crippen LogP contribution in [0.3, 0.4) is 0 Å². The molecule has 0 aliphatic carbocycles. The molecular weight excluding hydrogens is 440 g/mol. The van der Waals surface area contributed by atoms with Crippen molar-refractivity contribution in [1.29, 1.82) is 0 Å². The van der Waals surface area contributed by atoms with Crippen molar-refractivity contribution in [1.82, 2.24) is 9.88 Å². The first-order chi connectivity index (χ1) is 15.9. The number of hydrogen-bond acceptors (Lipinski definition) is 5. The van der Waals surface area contributed by atoms with Crippen LogP contribution in [-0.4, -0.2) is 32.8 Å². The zero-order valence-electron chi connectivity index (χ0n) is 17.9. The average Bonchev–Trinajstić information content (AvgIpc) is 3.30. The van der Waals surface area contributed by atoms with Gasteiger partial charge in [-0.15, -0.1) is 0 Å². The molecule has 166 valence electrons. The Hall–Kier alpha value is -3.64. The van der Waals surface area contributed by atoms with Gasteiger partial charge < -0.3 is 14.7 Å². The maximum Gasteiger partial charge on any atom is 0.295 e. The van der Waals surface area contributed by atoms with Crippen LogP contribution in [0.2, 0.25) is 5.02 Å². The van der Waals surface area contributed by atoms with Gasteiger partial charge in [-0.2, -0.15) is 0 Å². The fourth-order valence-electron chi connectivity index (χ4n) is 4.48. The number of aromatic nitrogens is 1. The highest BCUT2D eigenvalue weighted by atomic mass is 35.5. The van der Waals surface area contributed by atoms with Gasteiger partial charge in [0, 0.05) is 35.9 Å². The van der Waals surface area contributed by atoms with Gasteiger partial charge in [-0.25, -0.2) is 0 Å². The second-order valence-electron chi connectivity index (χ2n) is 8.30. The first-order valence-electron chi connectivity index (χ1n) is 10.6. The van der Waals surface area contributed by atoms with Crippen molar-refractivity contribution in [3.63, 3.8) is 0 Å². The molecular formula is C26H21ClN2O4. The molecule has 1 aromatic heterocycles. The molecule has 2 aliphatic heterocycles. The number of carbonyl (C=O) groups excluding carboxylic acids is 2. The number of aliphatic hydroxyl groups excluding tert-OH is 1. The van der Waals surface area contributed by atoms with E-state index in [2.05, 4.69) is 4.98 Å². The number of halogens is 1. The molecule has 2 aliphatic rings. The quantitative estimate of drug-likeness (QED) is 0.347. The van der Waals surface area contributed by atoms with E-state index in [0.717, 1.165) is 16.9 Å². The molecule has 1 N–H and O–H groups in total. The molecule has 0 saturated carbocycles. The van der Waals surface area contributed by atoms with Crippen molar-refractivity contribution in [3.05, 3.63) is 99.8 Å². The number of benzene rings is 2. The molecule has 6 nitrogen and oxygen atoms in total. The Balaban J connectivity index is 1.64. The van der Waals surface area contributed by atoms with Crippen LogP contribution in [0.15, 0.2) is 72.6 Å². The number of hydrogen-bond donors (Lipinski definition) is 1. The number of amides is 1. The van der Waals surface area contributed by atoms with Crippen molar-refractivity contribution in [3.8, 4) is 5.75 Å². The molecule has 0 spiro atoms. The summed E-state index contributed by atoms with van der Waals surface area (Å²) in [6, 6.07) is 15.1. The van der Waals surface area contributed by atoms with Crippen LogP contribution in [-0.2, 0) is 22.6 Å². The summed E-state index contributed by atoms with van der Waals surface area (Å²) >= 11 is 6.24. The van der Waals surface area contributed by atoms with E-state index in [0.29, 0.717) is 22.6 Å². The Kier molecular flexibility index (Phi) is 5.38. The summed E-state index contributed by atoms with van der Waals surface area (Å²) in [5.41, 5.74) is 2.88. The SMILES string of the molecule is CC1Cc2cc(/C(O)=C3\C(=O)C(=O)N(Cc4cccnc4)C3c3cccc(Cl)c3)ccc2O1. The van der Waals surface area contributed by atoms with Gasteiger partial charge in [-0.05, 0) is 60.0 Å². The smallest absolute Gasteiger partial charge is 0.295 e. The number of ether oxygens (including phenoxy) is 1. The second kappa shape index (κ2) is 8.37. The van der Waals surface area contributed by atoms with E-state index in [1.807, 2.05) is 19.1 Å². The highest BCUT2D eigenvalue weighted by molar-refractivity contribution is 6.46. The summed E-state index contributed by atoms with van der Waals surface area (Å²) in [5, 5.41) is 11.8. The summed E-state index contributed by atoms with van der Waals surface area (Å²) in [5.74, 6) is -0.855. The lowest BCUT2D eigenvalue weighted by atomic mass is 9.94. The molecule has 2 aromatic carbocycles. The first-order valence-corrected chi connectivity index (χ1v) is 11.0. The van der Waals surface area contributed by atoms with Gasteiger partial charge in [0.05, 0.1) is 11.6 Å². The van der Waals surface area contributed by atoms with E-state index in [-0.39, 0.29) is 24.0 Å². The predicted molar refractivity (Wildman–Crippen MR) is 124 cm³/mol. The average molecular weight is 461 g/mol. The van der Waals surface area contributed by atoms with E-state index in [4.69, 9.17) is 16.3 Å². The summed E-state index contributed by atoms with van der Waals surface area (Å²) in [4.78, 5) is 31.9. The minimum atomic E-state index is -0.785. The van der Waals surface area contributed by atoms with Gasteiger partial charge in [0.25, 0.3) is 11.7 Å². The summed E-state index contributed by atoms with van der Waals surface area (Å²) < 4.78 is 5.74. The largest absolute Gasteiger partial charge is 0.507 e. The normalized spacial score (nSPS) is 21.2. The van der Waals surface area contributed by atoms with Crippen molar-refractivity contribution < 1.29 is 19.4 Å². The summed E-state index contributed by atoms with van der Waals surface area (Å²) in [7, 11) is 0. The minimum Gasteiger partial charge on any atom is -0.507 e. The van der Waals surface area contributed by atoms with Gasteiger partial charge in [-0.3, -0.25) is 14.6 Å². The minimum absolute atomic E-state index is 0.0399. The Bertz CT molecular complexity index is 1290. The monoisotopic (exact) mass is 460 g/mol. The summed E-state index contributed by atoms with van der Waals surface area (Å²) in [6.45, 7) is 2.14. The highest BCUT2D eigenvalue weighted by Crippen LogP contribution is 2.41. The van der Waals surface area contributed by atoms with Gasteiger partial charge in [0.15, 0.2) is 0 Å². The third-order valence-electron chi connectivity index (χ3n) is 5.95. The van der Waals surface area contributed by atoms with Crippen molar-refractivity contribution in [2.75, 3.05) is 0 Å². The van der Waals surface area contributed by atoms with E-state index in [1.54, 1.807) is 54.9 Å². The van der Waals surface area contributed by atoms with Crippen molar-refractivity contribution in [2.45, 2.75) is 32.0 Å². The van der Waals surface area contributed by atoms with E-state index in [9.17, 15) is 14.7 Å². The number of fused-ring (bicyclic) bond motifs is 1. The number of likely N-dealkylation sites (tertiary alicyclic amines) is 1. The standard InChI is InChI=1S/C26H21ClN2O4/c1-15-10-19-11-18(7-8-21(19)33-15)24(30)22-23(17-5-2-6-20(27)12-17)29(26(32)25(22)31)14-16-4-3-9-28-13-16/h2-9,11-13,15,23,30H,10,14H2,1H3/b24-22+. The summed E-state index contributed by atoms with van der Waals surface area (Å²) in [6.07, 6.45) is 4.05. The van der Waals surface area contributed by atoms with Gasteiger partial charge in [-0.1, -0.05) is 29.8 Å². The van der Waals surface area contributed by atoms with Crippen molar-refractivity contribution >= 4 is 29.1 Å². The Morgan fingerprint density at radius 1 is 1.18 bits per heavy atom. The Morgan fingerprint density at radius 2 is 2.03 bits per heavy atom. The maximum atomic E-state index is 13.2. The van der Waals surface area contributed by atoms with Crippen molar-refractivity contribution in [2.24, 2.45) is 0 Å². The van der Waals surface area contributed by atoms with Crippen LogP contribution in [0, 0.1) is 0 Å². The van der Waals surface area contributed by atoms with E-state index >= 15 is 0 Å². The fourth-order valence-corrected chi connectivity index (χ4v) is 4.68. The lowest BCUT2D eigenvalue weighted by molar-refractivity contribution is -0.140. The number of carbonyl (C=O) groups is 2. The fraction of sp³-hybridized carbons (Fsp3) is 0.192. The Labute approximate surface area is 196 Å². The van der Waals surface area contributed by atoms with Crippen LogP contribution in [0.5, 0.6) is 5.75 Å². The molecule has 3 aromatic rings. The second-order valence-corrected chi connectivity index (χ2v) is 8.73. The van der Waals surface area contributed by atoms with Gasteiger partial charge in [0.1, 0.15) is 17.6 Å². The van der Waals surface area contributed by atoms with Crippen LogP contribution in [0.4, 0.5) is 0 Å². The molecule has 1 amide bonds. The number of ketones is 1. The Morgan fingerprint density at radius 3 is 2.79 bits per heavy atom. The van der Waals surface area contributed by atoms with Gasteiger partial charge in [0.2, 0.25) is 0 Å². The number of pyridine rings is 1. The molecule has 3 heterocycles. The maximum absolute atomic E-state index is 13.2. The molecule has 1 fully saturated rings. The number of nitrogens with zero attached hydrogens (tertiary/aromatic N) is 2. The number of rotatable bonds is 4. The zero-order chi connectivity index (χ0) is 23.1. The van der Waals surface area contributed by atoms with Crippen LogP contribution < -0.4 is 4.74 Å². The van der Waals surface area contributed by atoms with Crippen LogP contribution in [0.25, 0.3) is 5.76 Å². The van der Waals surface area contributed by atoms with Crippen LogP contribution >= 0.6 is 11.6 Å². The highest BCUT2D eigenvalue weighted by Gasteiger charge is 2.46. The molecule has 2 unspecified atom stereocenters. The molecule has 33 heavy (non-hydrogen) atoms. The van der Waals surface area contributed by atoms with E-state index in [1.165, 1.54) is 4.90 Å². The molecule has 1 saturated heterocycles. The lowest BCUT2D eigenvalue weighted by Gasteiger charge is -2.25. The topological polar surface area (TPSA) is 79.7 Å². The first kappa shape index (κ1) is 21.2. The third-order valence-corrected chi connectivity index (χ3v) is 6.18. The third kappa shape index (κ3) is 3.87. The van der Waals surface area contributed by atoms with Crippen LogP contribution in [0.1, 0.15) is 35.2 Å².